The van der Waals surface area contributed by atoms with Gasteiger partial charge in [0.1, 0.15) is 11.4 Å². The van der Waals surface area contributed by atoms with Crippen molar-refractivity contribution in [1.82, 2.24) is 15.5 Å². The largest absolute Gasteiger partial charge is 0.488 e. The third-order valence-corrected chi connectivity index (χ3v) is 3.56. The molecule has 0 atom stereocenters. The summed E-state index contributed by atoms with van der Waals surface area (Å²) < 4.78 is 5.77. The van der Waals surface area contributed by atoms with Crippen molar-refractivity contribution >= 4 is 11.6 Å². The van der Waals surface area contributed by atoms with E-state index in [4.69, 9.17) is 4.74 Å². The molecule has 122 valence electrons. The van der Waals surface area contributed by atoms with Gasteiger partial charge in [-0.15, -0.1) is 0 Å². The highest BCUT2D eigenvalue weighted by Gasteiger charge is 2.21. The van der Waals surface area contributed by atoms with E-state index in [1.807, 2.05) is 45.0 Å². The van der Waals surface area contributed by atoms with E-state index in [0.717, 1.165) is 35.7 Å². The van der Waals surface area contributed by atoms with E-state index in [2.05, 4.69) is 20.8 Å². The molecule has 1 amide bonds. The van der Waals surface area contributed by atoms with Crippen LogP contribution in [0, 0.1) is 0 Å². The Morgan fingerprint density at radius 3 is 2.70 bits per heavy atom. The van der Waals surface area contributed by atoms with E-state index in [1.54, 1.807) is 0 Å². The number of hydrogen-bond donors (Lipinski definition) is 3. The molecule has 0 aliphatic carbocycles. The molecule has 6 heteroatoms. The summed E-state index contributed by atoms with van der Waals surface area (Å²) in [6.45, 7) is 7.57. The van der Waals surface area contributed by atoms with Gasteiger partial charge in [0, 0.05) is 36.5 Å². The Morgan fingerprint density at radius 2 is 2.00 bits per heavy atom. The van der Waals surface area contributed by atoms with Gasteiger partial charge in [-0.2, -0.15) is 5.10 Å². The van der Waals surface area contributed by atoms with Crippen molar-refractivity contribution in [3.8, 4) is 5.75 Å². The fourth-order valence-corrected chi connectivity index (χ4v) is 2.56. The van der Waals surface area contributed by atoms with Crippen molar-refractivity contribution in [3.63, 3.8) is 0 Å². The van der Waals surface area contributed by atoms with Crippen LogP contribution >= 0.6 is 0 Å². The number of amides is 1. The number of hydrogen-bond acceptors (Lipinski definition) is 4. The van der Waals surface area contributed by atoms with Crippen molar-refractivity contribution in [2.45, 2.75) is 39.3 Å². The highest BCUT2D eigenvalue weighted by atomic mass is 16.5. The number of carbonyl (C=O) groups is 1. The molecule has 0 unspecified atom stereocenters. The number of fused-ring (bicyclic) bond motifs is 1. The molecule has 0 saturated carbocycles. The Morgan fingerprint density at radius 1 is 1.26 bits per heavy atom. The number of aromatic nitrogens is 2. The molecule has 6 nitrogen and oxygen atoms in total. The average molecular weight is 314 g/mol. The zero-order valence-corrected chi connectivity index (χ0v) is 13.7. The lowest BCUT2D eigenvalue weighted by molar-refractivity contribution is 0.102. The normalized spacial score (nSPS) is 14.2. The van der Waals surface area contributed by atoms with Crippen LogP contribution in [0.2, 0.25) is 0 Å². The Hall–Kier alpha value is -2.34. The van der Waals surface area contributed by atoms with E-state index in [0.29, 0.717) is 12.2 Å². The lowest BCUT2D eigenvalue weighted by Gasteiger charge is -2.21. The van der Waals surface area contributed by atoms with Crippen LogP contribution in [-0.2, 0) is 13.0 Å². The van der Waals surface area contributed by atoms with Gasteiger partial charge in [-0.05, 0) is 45.0 Å². The number of anilines is 1. The molecule has 0 bridgehead atoms. The maximum absolute atomic E-state index is 12.4. The molecule has 0 spiro atoms. The summed E-state index contributed by atoms with van der Waals surface area (Å²) >= 11 is 0. The van der Waals surface area contributed by atoms with Crippen molar-refractivity contribution in [1.29, 1.82) is 0 Å². The molecule has 3 N–H and O–H groups in total. The van der Waals surface area contributed by atoms with Crippen LogP contribution in [0.4, 0.5) is 5.69 Å². The van der Waals surface area contributed by atoms with Gasteiger partial charge >= 0.3 is 0 Å². The Labute approximate surface area is 135 Å². The minimum absolute atomic E-state index is 0.198. The van der Waals surface area contributed by atoms with Gasteiger partial charge in [0.2, 0.25) is 0 Å². The molecule has 0 fully saturated rings. The second-order valence-corrected chi connectivity index (χ2v) is 6.65. The molecule has 0 saturated heterocycles. The van der Waals surface area contributed by atoms with Crippen LogP contribution in [0.15, 0.2) is 24.3 Å². The van der Waals surface area contributed by atoms with E-state index < -0.39 is 0 Å². The monoisotopic (exact) mass is 314 g/mol. The highest BCUT2D eigenvalue weighted by molar-refractivity contribution is 6.04. The number of rotatable bonds is 3. The second kappa shape index (κ2) is 6.04. The summed E-state index contributed by atoms with van der Waals surface area (Å²) in [7, 11) is 0. The average Bonchev–Trinajstić information content (AvgIpc) is 2.92. The van der Waals surface area contributed by atoms with Crippen molar-refractivity contribution < 1.29 is 9.53 Å². The van der Waals surface area contributed by atoms with Crippen LogP contribution < -0.4 is 15.4 Å². The fraction of sp³-hybridized carbons (Fsp3) is 0.412. The molecular formula is C17H22N4O2. The summed E-state index contributed by atoms with van der Waals surface area (Å²) in [5, 5.41) is 13.3. The van der Waals surface area contributed by atoms with Crippen LogP contribution in [-0.4, -0.2) is 28.3 Å². The molecule has 23 heavy (non-hydrogen) atoms. The van der Waals surface area contributed by atoms with Crippen molar-refractivity contribution in [2.75, 3.05) is 11.9 Å². The lowest BCUT2D eigenvalue weighted by Crippen LogP contribution is -2.25. The zero-order valence-electron chi connectivity index (χ0n) is 13.7. The first-order valence-corrected chi connectivity index (χ1v) is 7.80. The quantitative estimate of drug-likeness (QED) is 0.813. The molecule has 0 radical (unpaired) electrons. The maximum atomic E-state index is 12.4. The smallest absolute Gasteiger partial charge is 0.276 e. The first kappa shape index (κ1) is 15.6. The van der Waals surface area contributed by atoms with Gasteiger partial charge in [0.05, 0.1) is 0 Å². The molecule has 1 aliphatic heterocycles. The van der Waals surface area contributed by atoms with Crippen molar-refractivity contribution in [3.05, 3.63) is 41.2 Å². The van der Waals surface area contributed by atoms with E-state index in [1.165, 1.54) is 0 Å². The zero-order chi connectivity index (χ0) is 16.4. The number of nitrogens with zero attached hydrogens (tertiary/aromatic N) is 1. The summed E-state index contributed by atoms with van der Waals surface area (Å²) in [5.41, 5.74) is 2.94. The third-order valence-electron chi connectivity index (χ3n) is 3.56. The minimum Gasteiger partial charge on any atom is -0.488 e. The summed E-state index contributed by atoms with van der Waals surface area (Å²) in [6.07, 6.45) is 0.869. The third kappa shape index (κ3) is 3.71. The molecule has 1 aromatic carbocycles. The predicted molar refractivity (Wildman–Crippen MR) is 88.8 cm³/mol. The molecule has 1 aromatic heterocycles. The molecule has 3 rings (SSSR count). The second-order valence-electron chi connectivity index (χ2n) is 6.65. The topological polar surface area (TPSA) is 79.0 Å². The van der Waals surface area contributed by atoms with E-state index in [-0.39, 0.29) is 11.5 Å². The Bertz CT molecular complexity index is 698. The molecule has 2 heterocycles. The van der Waals surface area contributed by atoms with Crippen LogP contribution in [0.5, 0.6) is 5.75 Å². The number of H-pyrrole nitrogens is 1. The highest BCUT2D eigenvalue weighted by Crippen LogP contribution is 2.21. The number of nitrogens with one attached hydrogen (secondary N) is 3. The van der Waals surface area contributed by atoms with Gasteiger partial charge in [0.15, 0.2) is 5.69 Å². The SMILES string of the molecule is CC(C)(C)Oc1ccc(NC(=O)c2n[nH]c3c2CNCC3)cc1. The van der Waals surface area contributed by atoms with Gasteiger partial charge < -0.3 is 15.4 Å². The predicted octanol–water partition coefficient (Wildman–Crippen LogP) is 2.49. The van der Waals surface area contributed by atoms with Gasteiger partial charge in [-0.25, -0.2) is 0 Å². The van der Waals surface area contributed by atoms with Gasteiger partial charge in [-0.1, -0.05) is 0 Å². The molecule has 1 aliphatic rings. The van der Waals surface area contributed by atoms with Crippen LogP contribution in [0.1, 0.15) is 42.5 Å². The number of carbonyl (C=O) groups excluding carboxylic acids is 1. The first-order valence-electron chi connectivity index (χ1n) is 7.80. The van der Waals surface area contributed by atoms with Gasteiger partial charge in [-0.3, -0.25) is 9.89 Å². The summed E-state index contributed by atoms with van der Waals surface area (Å²) in [5.74, 6) is 0.576. The van der Waals surface area contributed by atoms with Gasteiger partial charge in [0.25, 0.3) is 5.91 Å². The van der Waals surface area contributed by atoms with E-state index >= 15 is 0 Å². The molecule has 2 aromatic rings. The first-order chi connectivity index (χ1) is 10.9. The number of aromatic amines is 1. The number of benzene rings is 1. The maximum Gasteiger partial charge on any atom is 0.276 e. The van der Waals surface area contributed by atoms with E-state index in [9.17, 15) is 4.79 Å². The van der Waals surface area contributed by atoms with Crippen molar-refractivity contribution in [2.24, 2.45) is 0 Å². The Balaban J connectivity index is 1.69. The summed E-state index contributed by atoms with van der Waals surface area (Å²) in [6, 6.07) is 7.36. The standard InChI is InChI=1S/C17H22N4O2/c1-17(2,3)23-12-6-4-11(5-7-12)19-16(22)15-13-10-18-9-8-14(13)20-21-15/h4-7,18H,8-10H2,1-3H3,(H,19,22)(H,20,21). The van der Waals surface area contributed by atoms with Crippen LogP contribution in [0.3, 0.4) is 0 Å². The fourth-order valence-electron chi connectivity index (χ4n) is 2.56. The number of ether oxygens (including phenoxy) is 1. The molecular weight excluding hydrogens is 292 g/mol. The Kier molecular flexibility index (Phi) is 4.09. The lowest BCUT2D eigenvalue weighted by atomic mass is 10.1. The van der Waals surface area contributed by atoms with Crippen LogP contribution in [0.25, 0.3) is 0 Å². The summed E-state index contributed by atoms with van der Waals surface area (Å²) in [4.78, 5) is 12.4. The minimum atomic E-state index is -0.244.